The van der Waals surface area contributed by atoms with Crippen LogP contribution >= 0.6 is 0 Å². The van der Waals surface area contributed by atoms with Crippen molar-refractivity contribution in [1.82, 2.24) is 10.2 Å². The molecule has 0 aromatic heterocycles. The molecule has 104 valence electrons. The van der Waals surface area contributed by atoms with Crippen LogP contribution in [0.4, 0.5) is 0 Å². The highest BCUT2D eigenvalue weighted by atomic mass is 16.5. The minimum absolute atomic E-state index is 0.627. The van der Waals surface area contributed by atoms with Crippen LogP contribution in [-0.4, -0.2) is 50.8 Å². The third-order valence-corrected chi connectivity index (χ3v) is 3.37. The summed E-state index contributed by atoms with van der Waals surface area (Å²) in [7, 11) is 4.01. The molecule has 3 nitrogen and oxygen atoms in total. The summed E-state index contributed by atoms with van der Waals surface area (Å²) in [5.74, 6) is 0. The lowest BCUT2D eigenvalue weighted by Gasteiger charge is -2.34. The van der Waals surface area contributed by atoms with E-state index < -0.39 is 0 Å². The molecule has 0 saturated carbocycles. The van der Waals surface area contributed by atoms with E-state index in [-0.39, 0.29) is 0 Å². The van der Waals surface area contributed by atoms with E-state index in [1.54, 1.807) is 7.11 Å². The summed E-state index contributed by atoms with van der Waals surface area (Å²) in [4.78, 5) is 2.49. The van der Waals surface area contributed by atoms with Gasteiger partial charge in [-0.2, -0.15) is 0 Å². The van der Waals surface area contributed by atoms with Crippen molar-refractivity contribution in [1.29, 1.82) is 0 Å². The lowest BCUT2D eigenvalue weighted by atomic mass is 9.99. The van der Waals surface area contributed by atoms with Crippen LogP contribution < -0.4 is 5.32 Å². The summed E-state index contributed by atoms with van der Waals surface area (Å²) in [5, 5.41) is 3.63. The predicted octanol–water partition coefficient (Wildman–Crippen LogP) is 2.51. The average Bonchev–Trinajstić information content (AvgIpc) is 2.31. The van der Waals surface area contributed by atoms with E-state index in [1.165, 1.54) is 19.3 Å². The van der Waals surface area contributed by atoms with Crippen molar-refractivity contribution in [2.75, 3.05) is 33.9 Å². The SMILES string of the molecule is CCCC(NCC)C(CC)N(C)CCCOC. The highest BCUT2D eigenvalue weighted by Gasteiger charge is 2.21. The van der Waals surface area contributed by atoms with Crippen molar-refractivity contribution < 1.29 is 4.74 Å². The number of methoxy groups -OCH3 is 1. The molecule has 0 spiro atoms. The maximum Gasteiger partial charge on any atom is 0.0474 e. The number of ether oxygens (including phenoxy) is 1. The van der Waals surface area contributed by atoms with Crippen molar-refractivity contribution in [3.63, 3.8) is 0 Å². The van der Waals surface area contributed by atoms with Crippen LogP contribution in [0.15, 0.2) is 0 Å². The molecule has 0 bridgehead atoms. The molecule has 0 fully saturated rings. The molecule has 0 heterocycles. The monoisotopic (exact) mass is 244 g/mol. The van der Waals surface area contributed by atoms with Gasteiger partial charge in [-0.15, -0.1) is 0 Å². The molecule has 0 aliphatic rings. The van der Waals surface area contributed by atoms with Gasteiger partial charge in [0.1, 0.15) is 0 Å². The smallest absolute Gasteiger partial charge is 0.0474 e. The lowest BCUT2D eigenvalue weighted by Crippen LogP contribution is -2.48. The second-order valence-corrected chi connectivity index (χ2v) is 4.76. The molecule has 2 atom stereocenters. The van der Waals surface area contributed by atoms with Crippen molar-refractivity contribution in [2.24, 2.45) is 0 Å². The Morgan fingerprint density at radius 2 is 1.94 bits per heavy atom. The first-order chi connectivity index (χ1) is 8.21. The maximum absolute atomic E-state index is 5.12. The van der Waals surface area contributed by atoms with Gasteiger partial charge >= 0.3 is 0 Å². The van der Waals surface area contributed by atoms with Crippen LogP contribution in [0.3, 0.4) is 0 Å². The zero-order valence-corrected chi connectivity index (χ0v) is 12.5. The summed E-state index contributed by atoms with van der Waals surface area (Å²) in [5.41, 5.74) is 0. The van der Waals surface area contributed by atoms with Crippen LogP contribution in [0, 0.1) is 0 Å². The van der Waals surface area contributed by atoms with E-state index in [0.29, 0.717) is 12.1 Å². The van der Waals surface area contributed by atoms with E-state index in [4.69, 9.17) is 4.74 Å². The predicted molar refractivity (Wildman–Crippen MR) is 75.6 cm³/mol. The standard InChI is InChI=1S/C14H32N2O/c1-6-10-13(15-8-3)14(7-2)16(4)11-9-12-17-5/h13-15H,6-12H2,1-5H3. The van der Waals surface area contributed by atoms with Gasteiger partial charge in [-0.25, -0.2) is 0 Å². The number of hydrogen-bond acceptors (Lipinski definition) is 3. The topological polar surface area (TPSA) is 24.5 Å². The third-order valence-electron chi connectivity index (χ3n) is 3.37. The minimum atomic E-state index is 0.627. The maximum atomic E-state index is 5.12. The largest absolute Gasteiger partial charge is 0.385 e. The number of nitrogens with one attached hydrogen (secondary N) is 1. The normalized spacial score (nSPS) is 15.2. The van der Waals surface area contributed by atoms with Gasteiger partial charge < -0.3 is 15.0 Å². The van der Waals surface area contributed by atoms with Crippen LogP contribution in [0.2, 0.25) is 0 Å². The van der Waals surface area contributed by atoms with Gasteiger partial charge in [0.25, 0.3) is 0 Å². The fourth-order valence-corrected chi connectivity index (χ4v) is 2.53. The van der Waals surface area contributed by atoms with Crippen LogP contribution in [0.25, 0.3) is 0 Å². The van der Waals surface area contributed by atoms with Crippen LogP contribution in [0.1, 0.15) is 46.5 Å². The molecule has 1 N–H and O–H groups in total. The fourth-order valence-electron chi connectivity index (χ4n) is 2.53. The van der Waals surface area contributed by atoms with Crippen LogP contribution in [0.5, 0.6) is 0 Å². The van der Waals surface area contributed by atoms with Gasteiger partial charge in [0, 0.05) is 32.3 Å². The van der Waals surface area contributed by atoms with Crippen LogP contribution in [-0.2, 0) is 4.74 Å². The number of rotatable bonds is 11. The zero-order valence-electron chi connectivity index (χ0n) is 12.5. The summed E-state index contributed by atoms with van der Waals surface area (Å²) in [6.07, 6.45) is 4.84. The van der Waals surface area contributed by atoms with E-state index in [0.717, 1.165) is 26.1 Å². The minimum Gasteiger partial charge on any atom is -0.385 e. The summed E-state index contributed by atoms with van der Waals surface area (Å²) < 4.78 is 5.12. The third kappa shape index (κ3) is 7.02. The van der Waals surface area contributed by atoms with Crippen molar-refractivity contribution in [2.45, 2.75) is 58.5 Å². The second kappa shape index (κ2) is 11.0. The molecule has 3 heteroatoms. The number of hydrogen-bond donors (Lipinski definition) is 1. The Morgan fingerprint density at radius 1 is 1.24 bits per heavy atom. The van der Waals surface area contributed by atoms with Gasteiger partial charge in [-0.1, -0.05) is 27.2 Å². The van der Waals surface area contributed by atoms with Gasteiger partial charge in [-0.3, -0.25) is 0 Å². The molecule has 17 heavy (non-hydrogen) atoms. The summed E-state index contributed by atoms with van der Waals surface area (Å²) in [6.45, 7) is 9.80. The molecule has 0 amide bonds. The first-order valence-electron chi connectivity index (χ1n) is 7.13. The Labute approximate surface area is 108 Å². The molecule has 0 saturated heterocycles. The number of nitrogens with zero attached hydrogens (tertiary/aromatic N) is 1. The number of likely N-dealkylation sites (N-methyl/N-ethyl adjacent to an activating group) is 2. The first kappa shape index (κ1) is 16.9. The van der Waals surface area contributed by atoms with E-state index in [1.807, 2.05) is 0 Å². The molecule has 0 aromatic rings. The van der Waals surface area contributed by atoms with Gasteiger partial charge in [0.05, 0.1) is 0 Å². The summed E-state index contributed by atoms with van der Waals surface area (Å²) >= 11 is 0. The molecule has 0 radical (unpaired) electrons. The Kier molecular flexibility index (Phi) is 10.9. The molecule has 0 rings (SSSR count). The van der Waals surface area contributed by atoms with E-state index >= 15 is 0 Å². The highest BCUT2D eigenvalue weighted by molar-refractivity contribution is 4.81. The van der Waals surface area contributed by atoms with Gasteiger partial charge in [0.15, 0.2) is 0 Å². The first-order valence-corrected chi connectivity index (χ1v) is 7.13. The van der Waals surface area contributed by atoms with E-state index in [2.05, 4.69) is 38.0 Å². The Morgan fingerprint density at radius 3 is 2.41 bits per heavy atom. The molecular formula is C14H32N2O. The molecular weight excluding hydrogens is 212 g/mol. The van der Waals surface area contributed by atoms with E-state index in [9.17, 15) is 0 Å². The Hall–Kier alpha value is -0.120. The fraction of sp³-hybridized carbons (Fsp3) is 1.00. The molecule has 0 aliphatic carbocycles. The average molecular weight is 244 g/mol. The highest BCUT2D eigenvalue weighted by Crippen LogP contribution is 2.12. The Bertz CT molecular complexity index is 158. The Balaban J connectivity index is 4.21. The second-order valence-electron chi connectivity index (χ2n) is 4.76. The molecule has 0 aliphatic heterocycles. The van der Waals surface area contributed by atoms with Crippen molar-refractivity contribution in [3.8, 4) is 0 Å². The summed E-state index contributed by atoms with van der Waals surface area (Å²) in [6, 6.07) is 1.27. The van der Waals surface area contributed by atoms with Gasteiger partial charge in [0.2, 0.25) is 0 Å². The molecule has 0 aromatic carbocycles. The van der Waals surface area contributed by atoms with Gasteiger partial charge in [-0.05, 0) is 32.9 Å². The van der Waals surface area contributed by atoms with Crippen molar-refractivity contribution in [3.05, 3.63) is 0 Å². The van der Waals surface area contributed by atoms with Crippen molar-refractivity contribution >= 4 is 0 Å². The quantitative estimate of drug-likeness (QED) is 0.565. The lowest BCUT2D eigenvalue weighted by molar-refractivity contribution is 0.144. The molecule has 2 unspecified atom stereocenters. The zero-order chi connectivity index (χ0) is 13.1.